The van der Waals surface area contributed by atoms with E-state index in [1.807, 2.05) is 6.07 Å². The van der Waals surface area contributed by atoms with Crippen LogP contribution in [0, 0.1) is 5.82 Å². The van der Waals surface area contributed by atoms with E-state index in [4.69, 9.17) is 11.6 Å². The molecule has 0 saturated heterocycles. The van der Waals surface area contributed by atoms with Gasteiger partial charge in [-0.1, -0.05) is 17.7 Å². The van der Waals surface area contributed by atoms with Gasteiger partial charge in [-0.2, -0.15) is 0 Å². The third kappa shape index (κ3) is 2.96. The van der Waals surface area contributed by atoms with Crippen LogP contribution in [0.2, 0.25) is 5.02 Å². The quantitative estimate of drug-likeness (QED) is 0.713. The molecule has 1 unspecified atom stereocenters. The third-order valence-electron chi connectivity index (χ3n) is 2.56. The maximum Gasteiger partial charge on any atom is 0.129 e. The largest absolute Gasteiger partial charge is 0.309 e. The molecule has 96 valence electrons. The average molecular weight is 414 g/mol. The maximum absolute atomic E-state index is 14.0. The van der Waals surface area contributed by atoms with Crippen LogP contribution in [-0.2, 0) is 0 Å². The van der Waals surface area contributed by atoms with Gasteiger partial charge in [0.15, 0.2) is 0 Å². The molecule has 1 nitrogen and oxygen atoms in total. The van der Waals surface area contributed by atoms with Gasteiger partial charge in [-0.25, -0.2) is 4.39 Å². The number of halogens is 4. The topological polar surface area (TPSA) is 12.0 Å². The highest BCUT2D eigenvalue weighted by Crippen LogP contribution is 2.38. The number of benzene rings is 1. The molecule has 0 bridgehead atoms. The molecule has 0 radical (unpaired) electrons. The Hall–Kier alpha value is 0.0600. The molecule has 1 N–H and O–H groups in total. The minimum atomic E-state index is -0.309. The van der Waals surface area contributed by atoms with Crippen LogP contribution in [0.5, 0.6) is 0 Å². The second kappa shape index (κ2) is 6.01. The van der Waals surface area contributed by atoms with Crippen molar-refractivity contribution < 1.29 is 4.39 Å². The predicted octanol–water partition coefficient (Wildman–Crippen LogP) is 5.37. The summed E-state index contributed by atoms with van der Waals surface area (Å²) in [6, 6.07) is 6.50. The number of nitrogens with one attached hydrogen (secondary N) is 1. The van der Waals surface area contributed by atoms with Crippen LogP contribution < -0.4 is 5.32 Å². The Kier molecular flexibility index (Phi) is 4.83. The fraction of sp³-hybridized carbons (Fsp3) is 0.167. The highest BCUT2D eigenvalue weighted by atomic mass is 79.9. The van der Waals surface area contributed by atoms with E-state index in [2.05, 4.69) is 37.2 Å². The van der Waals surface area contributed by atoms with Crippen molar-refractivity contribution in [3.05, 3.63) is 53.8 Å². The van der Waals surface area contributed by atoms with Crippen molar-refractivity contribution in [3.8, 4) is 0 Å². The Labute approximate surface area is 131 Å². The van der Waals surface area contributed by atoms with E-state index in [0.717, 1.165) is 13.1 Å². The molecule has 0 aliphatic rings. The van der Waals surface area contributed by atoms with E-state index >= 15 is 0 Å². The SMILES string of the molecule is CNC(c1ccc(Cl)cc1F)c1cc(Br)sc1Br. The molecule has 0 fully saturated rings. The molecule has 1 atom stereocenters. The van der Waals surface area contributed by atoms with E-state index in [0.29, 0.717) is 10.6 Å². The lowest BCUT2D eigenvalue weighted by Gasteiger charge is -2.17. The minimum Gasteiger partial charge on any atom is -0.309 e. The van der Waals surface area contributed by atoms with Gasteiger partial charge in [0.1, 0.15) is 5.82 Å². The normalized spacial score (nSPS) is 12.7. The van der Waals surface area contributed by atoms with Crippen LogP contribution in [0.1, 0.15) is 17.2 Å². The smallest absolute Gasteiger partial charge is 0.129 e. The Balaban J connectivity index is 2.48. The lowest BCUT2D eigenvalue weighted by molar-refractivity contribution is 0.576. The van der Waals surface area contributed by atoms with Crippen molar-refractivity contribution in [1.82, 2.24) is 5.32 Å². The molecule has 1 aromatic carbocycles. The van der Waals surface area contributed by atoms with Crippen LogP contribution >= 0.6 is 54.8 Å². The fourth-order valence-electron chi connectivity index (χ4n) is 1.76. The summed E-state index contributed by atoms with van der Waals surface area (Å²) in [5.41, 5.74) is 1.57. The molecular weight excluding hydrogens is 404 g/mol. The first kappa shape index (κ1) is 14.5. The standard InChI is InChI=1S/C12H9Br2ClFNS/c1-17-11(8-5-10(13)18-12(8)14)7-3-2-6(15)4-9(7)16/h2-5,11,17H,1H3. The molecular formula is C12H9Br2ClFNS. The Bertz CT molecular complexity index is 573. The van der Waals surface area contributed by atoms with Gasteiger partial charge in [0.2, 0.25) is 0 Å². The number of hydrogen-bond acceptors (Lipinski definition) is 2. The number of hydrogen-bond donors (Lipinski definition) is 1. The molecule has 0 amide bonds. The highest BCUT2D eigenvalue weighted by Gasteiger charge is 2.20. The van der Waals surface area contributed by atoms with Gasteiger partial charge in [-0.05, 0) is 62.7 Å². The van der Waals surface area contributed by atoms with E-state index in [-0.39, 0.29) is 11.9 Å². The third-order valence-corrected chi connectivity index (χ3v) is 5.18. The lowest BCUT2D eigenvalue weighted by Crippen LogP contribution is -2.18. The van der Waals surface area contributed by atoms with Crippen molar-refractivity contribution in [1.29, 1.82) is 0 Å². The summed E-state index contributed by atoms with van der Waals surface area (Å²) in [6.45, 7) is 0. The predicted molar refractivity (Wildman–Crippen MR) is 82.0 cm³/mol. The molecule has 1 aromatic heterocycles. The highest BCUT2D eigenvalue weighted by molar-refractivity contribution is 9.12. The van der Waals surface area contributed by atoms with E-state index in [9.17, 15) is 4.39 Å². The molecule has 18 heavy (non-hydrogen) atoms. The van der Waals surface area contributed by atoms with Crippen LogP contribution in [0.3, 0.4) is 0 Å². The van der Waals surface area contributed by atoms with Gasteiger partial charge in [-0.3, -0.25) is 0 Å². The van der Waals surface area contributed by atoms with Gasteiger partial charge in [0, 0.05) is 10.6 Å². The summed E-state index contributed by atoms with van der Waals surface area (Å²) in [7, 11) is 1.80. The first-order valence-electron chi connectivity index (χ1n) is 5.10. The van der Waals surface area contributed by atoms with Gasteiger partial charge >= 0.3 is 0 Å². The molecule has 0 aliphatic carbocycles. The molecule has 2 aromatic rings. The number of thiophene rings is 1. The van der Waals surface area contributed by atoms with E-state index < -0.39 is 0 Å². The Morgan fingerprint density at radius 1 is 1.28 bits per heavy atom. The summed E-state index contributed by atoms with van der Waals surface area (Å²) in [5, 5.41) is 3.52. The fourth-order valence-corrected chi connectivity index (χ4v) is 4.82. The van der Waals surface area contributed by atoms with Crippen molar-refractivity contribution >= 4 is 54.8 Å². The zero-order valence-corrected chi connectivity index (χ0v) is 14.1. The summed E-state index contributed by atoms with van der Waals surface area (Å²) in [6.07, 6.45) is 0. The zero-order valence-electron chi connectivity index (χ0n) is 9.31. The number of rotatable bonds is 3. The summed E-state index contributed by atoms with van der Waals surface area (Å²) >= 11 is 14.3. The molecule has 2 rings (SSSR count). The average Bonchev–Trinajstić information content (AvgIpc) is 2.62. The van der Waals surface area contributed by atoms with Crippen molar-refractivity contribution in [2.45, 2.75) is 6.04 Å². The van der Waals surface area contributed by atoms with Crippen molar-refractivity contribution in [2.75, 3.05) is 7.05 Å². The maximum atomic E-state index is 14.0. The molecule has 1 heterocycles. The summed E-state index contributed by atoms with van der Waals surface area (Å²) in [5.74, 6) is -0.309. The summed E-state index contributed by atoms with van der Waals surface area (Å²) < 4.78 is 15.9. The molecule has 0 saturated carbocycles. The van der Waals surface area contributed by atoms with Crippen LogP contribution in [0.25, 0.3) is 0 Å². The van der Waals surface area contributed by atoms with Crippen LogP contribution in [0.4, 0.5) is 4.39 Å². The van der Waals surface area contributed by atoms with Gasteiger partial charge in [0.25, 0.3) is 0 Å². The van der Waals surface area contributed by atoms with E-state index in [1.165, 1.54) is 6.07 Å². The first-order valence-corrected chi connectivity index (χ1v) is 7.88. The van der Waals surface area contributed by atoms with Crippen molar-refractivity contribution in [3.63, 3.8) is 0 Å². The second-order valence-corrected chi connectivity index (χ2v) is 7.85. The first-order chi connectivity index (χ1) is 8.52. The molecule has 0 aliphatic heterocycles. The summed E-state index contributed by atoms with van der Waals surface area (Å²) in [4.78, 5) is 0. The second-order valence-electron chi connectivity index (χ2n) is 3.67. The molecule has 6 heteroatoms. The molecule has 0 spiro atoms. The van der Waals surface area contributed by atoms with Crippen LogP contribution in [0.15, 0.2) is 31.8 Å². The van der Waals surface area contributed by atoms with Gasteiger partial charge in [-0.15, -0.1) is 11.3 Å². The van der Waals surface area contributed by atoms with Crippen molar-refractivity contribution in [2.24, 2.45) is 0 Å². The Morgan fingerprint density at radius 3 is 2.50 bits per heavy atom. The lowest BCUT2D eigenvalue weighted by atomic mass is 10.0. The Morgan fingerprint density at radius 2 is 2.00 bits per heavy atom. The van der Waals surface area contributed by atoms with E-state index in [1.54, 1.807) is 30.5 Å². The van der Waals surface area contributed by atoms with Gasteiger partial charge < -0.3 is 5.32 Å². The zero-order chi connectivity index (χ0) is 13.3. The monoisotopic (exact) mass is 411 g/mol. The van der Waals surface area contributed by atoms with Gasteiger partial charge in [0.05, 0.1) is 13.6 Å². The minimum absolute atomic E-state index is 0.209. The van der Waals surface area contributed by atoms with Crippen LogP contribution in [-0.4, -0.2) is 7.05 Å².